The number of pyridine rings is 1. The van der Waals surface area contributed by atoms with Crippen molar-refractivity contribution in [1.29, 1.82) is 0 Å². The van der Waals surface area contributed by atoms with Crippen LogP contribution in [0.4, 0.5) is 5.69 Å². The highest BCUT2D eigenvalue weighted by Crippen LogP contribution is 2.22. The summed E-state index contributed by atoms with van der Waals surface area (Å²) in [4.78, 5) is 40.3. The predicted octanol–water partition coefficient (Wildman–Crippen LogP) is 0.808. The molecule has 1 aromatic heterocycles. The Morgan fingerprint density at radius 2 is 2.06 bits per heavy atom. The molecule has 2 amide bonds. The molecule has 7 N–H and O–H groups in total. The number of hydrogen-bond donors (Lipinski definition) is 5. The van der Waals surface area contributed by atoms with Gasteiger partial charge in [-0.2, -0.15) is 0 Å². The average Bonchev–Trinajstić information content (AvgIpc) is 3.48. The molecule has 3 heterocycles. The van der Waals surface area contributed by atoms with Crippen LogP contribution in [0.25, 0.3) is 10.9 Å². The van der Waals surface area contributed by atoms with Crippen LogP contribution in [0.15, 0.2) is 30.5 Å². The molecular formula is C24H34N6O4. The van der Waals surface area contributed by atoms with Crippen molar-refractivity contribution in [2.45, 2.75) is 57.2 Å². The standard InChI is InChI=1S/C12H20N4O4.C12H14N2/c13-5-10(17)15-7-4-8(14-6-7)11(18)16-3-1-2-9(16)12(19)20;1-8(2)9-3-4-12-10(5-9)6-11(13)7-14-12/h7-9,14H,1-6,13H2,(H,15,17)(H,19,20);3-8H,13H2,1-2H3/t7-,8+,9+;/m0./s1. The fourth-order valence-electron chi connectivity index (χ4n) is 4.33. The van der Waals surface area contributed by atoms with Gasteiger partial charge in [0.05, 0.1) is 30.0 Å². The van der Waals surface area contributed by atoms with E-state index in [0.717, 1.165) is 16.6 Å². The molecule has 10 heteroatoms. The Morgan fingerprint density at radius 1 is 1.29 bits per heavy atom. The van der Waals surface area contributed by atoms with Crippen molar-refractivity contribution in [3.05, 3.63) is 36.0 Å². The van der Waals surface area contributed by atoms with Crippen LogP contribution in [0.1, 0.15) is 44.6 Å². The molecule has 0 aliphatic carbocycles. The number of amides is 2. The molecule has 3 atom stereocenters. The van der Waals surface area contributed by atoms with E-state index in [4.69, 9.17) is 16.6 Å². The fourth-order valence-corrected chi connectivity index (χ4v) is 4.33. The third kappa shape index (κ3) is 6.21. The number of carbonyl (C=O) groups excluding carboxylic acids is 2. The molecule has 1 aromatic carbocycles. The van der Waals surface area contributed by atoms with E-state index < -0.39 is 18.1 Å². The second kappa shape index (κ2) is 11.3. The minimum absolute atomic E-state index is 0.0810. The van der Waals surface area contributed by atoms with Crippen molar-refractivity contribution in [3.63, 3.8) is 0 Å². The Hall–Kier alpha value is -3.24. The van der Waals surface area contributed by atoms with Gasteiger partial charge in [-0.05, 0) is 48.9 Å². The number of aliphatic carboxylic acids is 1. The molecular weight excluding hydrogens is 436 g/mol. The average molecular weight is 471 g/mol. The zero-order chi connectivity index (χ0) is 24.8. The van der Waals surface area contributed by atoms with Crippen molar-refractivity contribution in [2.24, 2.45) is 5.73 Å². The predicted molar refractivity (Wildman–Crippen MR) is 130 cm³/mol. The molecule has 2 saturated heterocycles. The van der Waals surface area contributed by atoms with E-state index in [2.05, 4.69) is 41.6 Å². The van der Waals surface area contributed by atoms with Gasteiger partial charge in [-0.15, -0.1) is 0 Å². The lowest BCUT2D eigenvalue weighted by atomic mass is 10.0. The summed E-state index contributed by atoms with van der Waals surface area (Å²) in [6, 6.07) is 7.00. The first kappa shape index (κ1) is 25.4. The summed E-state index contributed by atoms with van der Waals surface area (Å²) >= 11 is 0. The Balaban J connectivity index is 0.000000202. The molecule has 0 saturated carbocycles. The molecule has 0 bridgehead atoms. The third-order valence-corrected chi connectivity index (χ3v) is 6.19. The molecule has 34 heavy (non-hydrogen) atoms. The van der Waals surface area contributed by atoms with Gasteiger partial charge in [-0.25, -0.2) is 4.79 Å². The van der Waals surface area contributed by atoms with Gasteiger partial charge in [0, 0.05) is 24.5 Å². The number of nitrogens with two attached hydrogens (primary N) is 2. The summed E-state index contributed by atoms with van der Waals surface area (Å²) in [5.74, 6) is -0.864. The smallest absolute Gasteiger partial charge is 0.326 e. The highest BCUT2D eigenvalue weighted by Gasteiger charge is 2.39. The minimum atomic E-state index is -0.957. The lowest BCUT2D eigenvalue weighted by Crippen LogP contribution is -2.48. The van der Waals surface area contributed by atoms with E-state index >= 15 is 0 Å². The van der Waals surface area contributed by atoms with Gasteiger partial charge in [-0.3, -0.25) is 14.6 Å². The first-order chi connectivity index (χ1) is 16.2. The number of benzene rings is 1. The SMILES string of the molecule is CC(C)c1ccc2ncc(N)cc2c1.NCC(=O)N[C@@H]1CN[C@@H](C(=O)N2CCC[C@@H]2C(=O)O)C1. The Labute approximate surface area is 199 Å². The maximum absolute atomic E-state index is 12.3. The highest BCUT2D eigenvalue weighted by molar-refractivity contribution is 5.88. The summed E-state index contributed by atoms with van der Waals surface area (Å²) < 4.78 is 0. The van der Waals surface area contributed by atoms with Crippen LogP contribution < -0.4 is 22.1 Å². The van der Waals surface area contributed by atoms with Crippen molar-refractivity contribution >= 4 is 34.4 Å². The van der Waals surface area contributed by atoms with Gasteiger partial charge < -0.3 is 32.1 Å². The van der Waals surface area contributed by atoms with Crippen LogP contribution >= 0.6 is 0 Å². The maximum atomic E-state index is 12.3. The first-order valence-electron chi connectivity index (χ1n) is 11.6. The quantitative estimate of drug-likeness (QED) is 0.428. The zero-order valence-electron chi connectivity index (χ0n) is 19.7. The van der Waals surface area contributed by atoms with Gasteiger partial charge in [0.25, 0.3) is 0 Å². The summed E-state index contributed by atoms with van der Waals surface area (Å²) in [6.45, 7) is 5.26. The number of rotatable bonds is 5. The maximum Gasteiger partial charge on any atom is 0.326 e. The third-order valence-electron chi connectivity index (χ3n) is 6.19. The largest absolute Gasteiger partial charge is 0.480 e. The van der Waals surface area contributed by atoms with Gasteiger partial charge in [-0.1, -0.05) is 19.9 Å². The zero-order valence-corrected chi connectivity index (χ0v) is 19.7. The van der Waals surface area contributed by atoms with Crippen LogP contribution in [0, 0.1) is 0 Å². The number of aromatic nitrogens is 1. The van der Waals surface area contributed by atoms with Crippen molar-refractivity contribution in [3.8, 4) is 0 Å². The van der Waals surface area contributed by atoms with Crippen molar-refractivity contribution < 1.29 is 19.5 Å². The Bertz CT molecular complexity index is 1040. The first-order valence-corrected chi connectivity index (χ1v) is 11.6. The second-order valence-corrected chi connectivity index (χ2v) is 9.07. The summed E-state index contributed by atoms with van der Waals surface area (Å²) in [5.41, 5.74) is 14.0. The number of carboxylic acids is 1. The summed E-state index contributed by atoms with van der Waals surface area (Å²) in [5, 5.41) is 16.0. The number of nitrogens with one attached hydrogen (secondary N) is 2. The number of carboxylic acid groups (broad SMARTS) is 1. The molecule has 10 nitrogen and oxygen atoms in total. The topological polar surface area (TPSA) is 164 Å². The summed E-state index contributed by atoms with van der Waals surface area (Å²) in [7, 11) is 0. The lowest BCUT2D eigenvalue weighted by molar-refractivity contribution is -0.148. The number of nitrogens with zero attached hydrogens (tertiary/aromatic N) is 2. The van der Waals surface area contributed by atoms with Crippen LogP contribution in [-0.2, 0) is 14.4 Å². The van der Waals surface area contributed by atoms with Gasteiger partial charge in [0.15, 0.2) is 0 Å². The minimum Gasteiger partial charge on any atom is -0.480 e. The van der Waals surface area contributed by atoms with E-state index in [1.807, 2.05) is 12.1 Å². The number of anilines is 1. The van der Waals surface area contributed by atoms with Crippen molar-refractivity contribution in [1.82, 2.24) is 20.5 Å². The molecule has 2 aromatic rings. The lowest BCUT2D eigenvalue weighted by Gasteiger charge is -2.24. The summed E-state index contributed by atoms with van der Waals surface area (Å²) in [6.07, 6.45) is 3.37. The van der Waals surface area contributed by atoms with Gasteiger partial charge in [0.1, 0.15) is 6.04 Å². The molecule has 2 aliphatic rings. The number of nitrogen functional groups attached to an aromatic ring is 1. The van der Waals surface area contributed by atoms with E-state index in [9.17, 15) is 14.4 Å². The molecule has 0 unspecified atom stereocenters. The molecule has 4 rings (SSSR count). The van der Waals surface area contributed by atoms with E-state index in [1.54, 1.807) is 6.20 Å². The van der Waals surface area contributed by atoms with Crippen LogP contribution in [0.5, 0.6) is 0 Å². The molecule has 2 aliphatic heterocycles. The van der Waals surface area contributed by atoms with Gasteiger partial charge >= 0.3 is 5.97 Å². The van der Waals surface area contributed by atoms with Gasteiger partial charge in [0.2, 0.25) is 11.8 Å². The van der Waals surface area contributed by atoms with Crippen LogP contribution in [0.3, 0.4) is 0 Å². The van der Waals surface area contributed by atoms with Crippen molar-refractivity contribution in [2.75, 3.05) is 25.4 Å². The fraction of sp³-hybridized carbons (Fsp3) is 0.500. The number of hydrogen-bond acceptors (Lipinski definition) is 7. The normalized spacial score (nSPS) is 21.9. The number of fused-ring (bicyclic) bond motifs is 1. The Morgan fingerprint density at radius 3 is 2.74 bits per heavy atom. The Kier molecular flexibility index (Phi) is 8.41. The monoisotopic (exact) mass is 470 g/mol. The van der Waals surface area contributed by atoms with E-state index in [0.29, 0.717) is 38.3 Å². The molecule has 184 valence electrons. The number of likely N-dealkylation sites (tertiary alicyclic amines) is 1. The highest BCUT2D eigenvalue weighted by atomic mass is 16.4. The van der Waals surface area contributed by atoms with E-state index in [-0.39, 0.29) is 24.4 Å². The van der Waals surface area contributed by atoms with E-state index in [1.165, 1.54) is 10.5 Å². The molecule has 2 fully saturated rings. The second-order valence-electron chi connectivity index (χ2n) is 9.07. The van der Waals surface area contributed by atoms with Crippen LogP contribution in [0.2, 0.25) is 0 Å². The number of carbonyl (C=O) groups is 3. The molecule has 0 spiro atoms. The van der Waals surface area contributed by atoms with Crippen LogP contribution in [-0.4, -0.2) is 70.5 Å². The molecule has 0 radical (unpaired) electrons.